The van der Waals surface area contributed by atoms with Crippen LogP contribution >= 0.6 is 8.81 Å². The highest BCUT2D eigenvalue weighted by molar-refractivity contribution is 7.42. The van der Waals surface area contributed by atoms with E-state index in [1.807, 2.05) is 30.3 Å². The fraction of sp³-hybridized carbons (Fsp3) is 0.200. The minimum Gasteiger partial charge on any atom is -0.665 e. The van der Waals surface area contributed by atoms with Gasteiger partial charge in [0, 0.05) is 0 Å². The molecule has 2 aromatic carbocycles. The molecule has 0 saturated carbocycles. The van der Waals surface area contributed by atoms with Crippen LogP contribution in [0.15, 0.2) is 42.5 Å². The highest BCUT2D eigenvalue weighted by Crippen LogP contribution is 2.23. The molecule has 0 aliphatic rings. The Kier molecular flexibility index (Phi) is 3.81. The SMILES string of the molecule is Cc1cc(C)c([P-]Oc2ccccc2)c(C)c1. The van der Waals surface area contributed by atoms with E-state index in [1.165, 1.54) is 22.0 Å². The molecule has 88 valence electrons. The topological polar surface area (TPSA) is 9.23 Å². The molecule has 0 heterocycles. The molecule has 0 radical (unpaired) electrons. The molecule has 2 aromatic rings. The Bertz CT molecular complexity index is 483. The number of hydrogen-bond donors (Lipinski definition) is 0. The van der Waals surface area contributed by atoms with Gasteiger partial charge in [-0.1, -0.05) is 47.0 Å². The molecule has 0 aliphatic carbocycles. The maximum Gasteiger partial charge on any atom is 0.0846 e. The maximum atomic E-state index is 5.77. The highest BCUT2D eigenvalue weighted by Gasteiger charge is 1.95. The van der Waals surface area contributed by atoms with E-state index in [0.29, 0.717) is 0 Å². The summed E-state index contributed by atoms with van der Waals surface area (Å²) in [6.07, 6.45) is 0. The van der Waals surface area contributed by atoms with Crippen molar-refractivity contribution in [3.8, 4) is 5.75 Å². The van der Waals surface area contributed by atoms with E-state index in [4.69, 9.17) is 4.52 Å². The van der Waals surface area contributed by atoms with Crippen LogP contribution in [0.3, 0.4) is 0 Å². The van der Waals surface area contributed by atoms with Crippen LogP contribution in [0.4, 0.5) is 0 Å². The summed E-state index contributed by atoms with van der Waals surface area (Å²) in [5.74, 6) is 0.911. The Labute approximate surface area is 105 Å². The molecule has 0 N–H and O–H groups in total. The molecule has 0 amide bonds. The minimum absolute atomic E-state index is 0.906. The summed E-state index contributed by atoms with van der Waals surface area (Å²) < 4.78 is 5.77. The van der Waals surface area contributed by atoms with Crippen LogP contribution in [0.5, 0.6) is 5.75 Å². The van der Waals surface area contributed by atoms with Gasteiger partial charge in [-0.05, 0) is 32.9 Å². The standard InChI is InChI=1S/C15H16OP/c1-11-9-12(2)15(13(3)10-11)17-16-14-7-5-4-6-8-14/h4-10H,1-3H3/q-1. The molecular formula is C15H16OP-. The molecule has 0 aromatic heterocycles. The van der Waals surface area contributed by atoms with Crippen LogP contribution in [0.2, 0.25) is 0 Å². The first kappa shape index (κ1) is 12.1. The Hall–Kier alpha value is -1.33. The Morgan fingerprint density at radius 3 is 2.06 bits per heavy atom. The molecule has 0 unspecified atom stereocenters. The second-order valence-electron chi connectivity index (χ2n) is 4.24. The Morgan fingerprint density at radius 2 is 1.47 bits per heavy atom. The van der Waals surface area contributed by atoms with E-state index < -0.39 is 0 Å². The first-order chi connectivity index (χ1) is 8.16. The van der Waals surface area contributed by atoms with Crippen molar-refractivity contribution in [3.63, 3.8) is 0 Å². The van der Waals surface area contributed by atoms with Crippen LogP contribution in [-0.2, 0) is 0 Å². The number of hydrogen-bond acceptors (Lipinski definition) is 1. The van der Waals surface area contributed by atoms with Crippen molar-refractivity contribution in [3.05, 3.63) is 59.2 Å². The van der Waals surface area contributed by atoms with Crippen molar-refractivity contribution < 1.29 is 4.52 Å². The summed E-state index contributed by atoms with van der Waals surface area (Å²) >= 11 is 0. The van der Waals surface area contributed by atoms with Crippen molar-refractivity contribution >= 4 is 14.1 Å². The molecule has 0 saturated heterocycles. The smallest absolute Gasteiger partial charge is 0.0846 e. The second-order valence-corrected chi connectivity index (χ2v) is 5.06. The van der Waals surface area contributed by atoms with Gasteiger partial charge in [0.05, 0.1) is 5.75 Å². The number of para-hydroxylation sites is 1. The van der Waals surface area contributed by atoms with E-state index in [1.54, 1.807) is 0 Å². The summed E-state index contributed by atoms with van der Waals surface area (Å²) in [5, 5.41) is 1.26. The fourth-order valence-electron chi connectivity index (χ4n) is 1.90. The van der Waals surface area contributed by atoms with Gasteiger partial charge in [0.1, 0.15) is 0 Å². The van der Waals surface area contributed by atoms with Crippen molar-refractivity contribution in [1.29, 1.82) is 0 Å². The average Bonchev–Trinajstić information content (AvgIpc) is 2.29. The molecule has 0 spiro atoms. The highest BCUT2D eigenvalue weighted by atomic mass is 31.1. The van der Waals surface area contributed by atoms with Crippen molar-refractivity contribution in [2.45, 2.75) is 20.8 Å². The molecule has 2 heteroatoms. The third kappa shape index (κ3) is 3.08. The van der Waals surface area contributed by atoms with Crippen LogP contribution in [0, 0.1) is 20.8 Å². The molecular weight excluding hydrogens is 227 g/mol. The quantitative estimate of drug-likeness (QED) is 0.735. The van der Waals surface area contributed by atoms with Crippen molar-refractivity contribution in [1.82, 2.24) is 0 Å². The first-order valence-electron chi connectivity index (χ1n) is 5.68. The van der Waals surface area contributed by atoms with E-state index in [0.717, 1.165) is 14.6 Å². The maximum absolute atomic E-state index is 5.77. The van der Waals surface area contributed by atoms with Gasteiger partial charge in [-0.25, -0.2) is 0 Å². The molecule has 17 heavy (non-hydrogen) atoms. The van der Waals surface area contributed by atoms with Gasteiger partial charge in [0.25, 0.3) is 0 Å². The summed E-state index contributed by atoms with van der Waals surface area (Å²) in [7, 11) is 0.906. The van der Waals surface area contributed by atoms with Gasteiger partial charge >= 0.3 is 0 Å². The molecule has 1 nitrogen and oxygen atoms in total. The van der Waals surface area contributed by atoms with Gasteiger partial charge in [-0.3, -0.25) is 8.81 Å². The van der Waals surface area contributed by atoms with Crippen LogP contribution in [0.25, 0.3) is 0 Å². The lowest BCUT2D eigenvalue weighted by Crippen LogP contribution is -2.07. The molecule has 0 atom stereocenters. The van der Waals surface area contributed by atoms with E-state index in [2.05, 4.69) is 32.9 Å². The van der Waals surface area contributed by atoms with Crippen LogP contribution < -0.4 is 9.83 Å². The first-order valence-corrected chi connectivity index (χ1v) is 6.49. The zero-order chi connectivity index (χ0) is 12.3. The summed E-state index contributed by atoms with van der Waals surface area (Å²) in [5.41, 5.74) is 3.89. The lowest BCUT2D eigenvalue weighted by molar-refractivity contribution is 0.638. The van der Waals surface area contributed by atoms with Crippen molar-refractivity contribution in [2.24, 2.45) is 0 Å². The second kappa shape index (κ2) is 5.33. The van der Waals surface area contributed by atoms with E-state index in [-0.39, 0.29) is 0 Å². The predicted octanol–water partition coefficient (Wildman–Crippen LogP) is 4.18. The van der Waals surface area contributed by atoms with Crippen molar-refractivity contribution in [2.75, 3.05) is 0 Å². The van der Waals surface area contributed by atoms with Gasteiger partial charge in [0.2, 0.25) is 0 Å². The number of benzene rings is 2. The molecule has 0 fully saturated rings. The average molecular weight is 243 g/mol. The van der Waals surface area contributed by atoms with E-state index >= 15 is 0 Å². The molecule has 2 rings (SSSR count). The summed E-state index contributed by atoms with van der Waals surface area (Å²) in [6.45, 7) is 6.39. The van der Waals surface area contributed by atoms with Gasteiger partial charge in [0.15, 0.2) is 0 Å². The number of rotatable bonds is 3. The third-order valence-corrected chi connectivity index (χ3v) is 3.81. The zero-order valence-electron chi connectivity index (χ0n) is 10.4. The largest absolute Gasteiger partial charge is 0.665 e. The Balaban J connectivity index is 2.15. The Morgan fingerprint density at radius 1 is 0.882 bits per heavy atom. The fourth-order valence-corrected chi connectivity index (χ4v) is 2.63. The monoisotopic (exact) mass is 243 g/mol. The summed E-state index contributed by atoms with van der Waals surface area (Å²) in [6, 6.07) is 14.3. The van der Waals surface area contributed by atoms with Crippen LogP contribution in [0.1, 0.15) is 16.7 Å². The van der Waals surface area contributed by atoms with Gasteiger partial charge in [-0.15, -0.1) is 0 Å². The lowest BCUT2D eigenvalue weighted by Gasteiger charge is -2.26. The summed E-state index contributed by atoms with van der Waals surface area (Å²) in [4.78, 5) is 0. The molecule has 0 bridgehead atoms. The number of aryl methyl sites for hydroxylation is 3. The van der Waals surface area contributed by atoms with Crippen LogP contribution in [-0.4, -0.2) is 0 Å². The predicted molar refractivity (Wildman–Crippen MR) is 74.3 cm³/mol. The van der Waals surface area contributed by atoms with Gasteiger partial charge in [-0.2, -0.15) is 5.30 Å². The minimum atomic E-state index is 0.906. The molecule has 0 aliphatic heterocycles. The third-order valence-electron chi connectivity index (χ3n) is 2.62. The van der Waals surface area contributed by atoms with E-state index in [9.17, 15) is 0 Å². The normalized spacial score (nSPS) is 11.0. The zero-order valence-corrected chi connectivity index (χ0v) is 11.3. The lowest BCUT2D eigenvalue weighted by atomic mass is 10.1. The van der Waals surface area contributed by atoms with Gasteiger partial charge < -0.3 is 4.52 Å².